The van der Waals surface area contributed by atoms with Crippen LogP contribution in [-0.4, -0.2) is 28.0 Å². The zero-order valence-electron chi connectivity index (χ0n) is 20.9. The second-order valence-electron chi connectivity index (χ2n) is 10.4. The van der Waals surface area contributed by atoms with Crippen molar-refractivity contribution in [1.29, 1.82) is 5.26 Å². The van der Waals surface area contributed by atoms with E-state index in [-0.39, 0.29) is 16.0 Å². The van der Waals surface area contributed by atoms with Crippen LogP contribution < -0.4 is 15.9 Å². The first-order chi connectivity index (χ1) is 17.8. The number of hydrogen-bond acceptors (Lipinski definition) is 8. The number of nitrogens with two attached hydrogens (primary N) is 1. The van der Waals surface area contributed by atoms with Gasteiger partial charge in [-0.25, -0.2) is 14.4 Å². The van der Waals surface area contributed by atoms with Gasteiger partial charge >= 0.3 is 0 Å². The van der Waals surface area contributed by atoms with Crippen LogP contribution in [0.4, 0.5) is 15.3 Å². The molecule has 1 fully saturated rings. The second-order valence-corrected chi connectivity index (χ2v) is 12.0. The summed E-state index contributed by atoms with van der Waals surface area (Å²) in [5.41, 5.74) is 10.8. The van der Waals surface area contributed by atoms with Gasteiger partial charge in [-0.1, -0.05) is 26.7 Å². The van der Waals surface area contributed by atoms with Crippen molar-refractivity contribution >= 4 is 57.8 Å². The van der Waals surface area contributed by atoms with Crippen LogP contribution in [0.25, 0.3) is 32.2 Å². The molecule has 4 aromatic rings. The molecular weight excluding hydrogens is 506 g/mol. The minimum atomic E-state index is -0.485. The minimum Gasteiger partial charge on any atom is -0.389 e. The molecule has 2 aliphatic heterocycles. The van der Waals surface area contributed by atoms with Crippen LogP contribution in [-0.2, 0) is 18.0 Å². The zero-order chi connectivity index (χ0) is 25.9. The summed E-state index contributed by atoms with van der Waals surface area (Å²) in [6.45, 7) is 7.29. The highest BCUT2D eigenvalue weighted by Gasteiger charge is 2.35. The molecule has 5 heterocycles. The molecule has 10 heteroatoms. The fourth-order valence-electron chi connectivity index (χ4n) is 5.79. The number of benzene rings is 1. The van der Waals surface area contributed by atoms with Crippen molar-refractivity contribution < 1.29 is 9.13 Å². The molecule has 0 saturated carbocycles. The standard InChI is InChI=1S/C27H28FN6OPS/c1-3-4-5-27(2)6-7-34(13-27)26-32-9-15-16-11-35-12-17(16)19(23(36)21(15)33-26)22-20-14(8-29)25(30)37-24(20)18(28)10-31-22/h9-10H,3-7,11-13,30,36H2,1-2H3/t27-/m1/s1. The quantitative estimate of drug-likeness (QED) is 0.341. The lowest BCUT2D eigenvalue weighted by Gasteiger charge is -2.24. The Labute approximate surface area is 221 Å². The third kappa shape index (κ3) is 3.85. The van der Waals surface area contributed by atoms with Crippen molar-refractivity contribution in [3.8, 4) is 17.3 Å². The van der Waals surface area contributed by atoms with Gasteiger partial charge in [-0.05, 0) is 29.4 Å². The molecule has 6 rings (SSSR count). The number of anilines is 2. The van der Waals surface area contributed by atoms with Gasteiger partial charge in [-0.15, -0.1) is 20.6 Å². The molecule has 0 amide bonds. The minimum absolute atomic E-state index is 0.256. The Bertz CT molecular complexity index is 1620. The topological polar surface area (TPSA) is 101 Å². The summed E-state index contributed by atoms with van der Waals surface area (Å²) in [6, 6.07) is 2.16. The van der Waals surface area contributed by atoms with Crippen LogP contribution in [0.5, 0.6) is 0 Å². The summed E-state index contributed by atoms with van der Waals surface area (Å²) in [4.78, 5) is 16.6. The number of nitriles is 1. The molecule has 0 radical (unpaired) electrons. The highest BCUT2D eigenvalue weighted by atomic mass is 32.1. The van der Waals surface area contributed by atoms with Crippen LogP contribution >= 0.6 is 20.6 Å². The predicted molar refractivity (Wildman–Crippen MR) is 150 cm³/mol. The van der Waals surface area contributed by atoms with Gasteiger partial charge in [0.2, 0.25) is 5.95 Å². The average molecular weight is 535 g/mol. The first kappa shape index (κ1) is 24.4. The Hall–Kier alpha value is -2.92. The fraction of sp³-hybridized carbons (Fsp3) is 0.407. The highest BCUT2D eigenvalue weighted by Crippen LogP contribution is 2.44. The van der Waals surface area contributed by atoms with Gasteiger partial charge in [-0.2, -0.15) is 5.26 Å². The largest absolute Gasteiger partial charge is 0.389 e. The van der Waals surface area contributed by atoms with Crippen LogP contribution in [0.15, 0.2) is 12.4 Å². The average Bonchev–Trinajstić information content (AvgIpc) is 3.61. The molecule has 1 aromatic carbocycles. The van der Waals surface area contributed by atoms with Crippen molar-refractivity contribution in [2.24, 2.45) is 5.41 Å². The number of halogens is 1. The molecule has 3 aromatic heterocycles. The molecule has 2 atom stereocenters. The van der Waals surface area contributed by atoms with Gasteiger partial charge in [0.05, 0.1) is 40.9 Å². The van der Waals surface area contributed by atoms with Crippen LogP contribution in [0.3, 0.4) is 0 Å². The molecule has 0 spiro atoms. The number of rotatable bonds is 5. The summed E-state index contributed by atoms with van der Waals surface area (Å²) in [6.07, 6.45) is 7.86. The number of aromatic nitrogens is 3. The molecule has 2 N–H and O–H groups in total. The molecule has 190 valence electrons. The maximum atomic E-state index is 14.7. The number of fused-ring (bicyclic) bond motifs is 4. The van der Waals surface area contributed by atoms with Gasteiger partial charge < -0.3 is 15.4 Å². The lowest BCUT2D eigenvalue weighted by atomic mass is 9.84. The van der Waals surface area contributed by atoms with Gasteiger partial charge in [0.25, 0.3) is 0 Å². The van der Waals surface area contributed by atoms with E-state index in [1.807, 2.05) is 6.20 Å². The van der Waals surface area contributed by atoms with Crippen LogP contribution in [0.2, 0.25) is 0 Å². The molecule has 0 aliphatic carbocycles. The van der Waals surface area contributed by atoms with Gasteiger partial charge in [0.1, 0.15) is 11.1 Å². The van der Waals surface area contributed by atoms with Crippen molar-refractivity contribution in [1.82, 2.24) is 15.0 Å². The van der Waals surface area contributed by atoms with E-state index in [1.54, 1.807) is 0 Å². The Morgan fingerprint density at radius 2 is 2.11 bits per heavy atom. The molecule has 2 aliphatic rings. The SMILES string of the molecule is CCCC[C@]1(C)CCN(c2ncc3c4c(c(-c5ncc(F)c6sc(N)c(C#N)c56)c(P)c3n2)COC4)C1. The normalized spacial score (nSPS) is 19.2. The van der Waals surface area contributed by atoms with E-state index in [1.165, 1.54) is 25.5 Å². The Balaban J connectivity index is 1.54. The number of unbranched alkanes of at least 4 members (excludes halogenated alkanes) is 1. The van der Waals surface area contributed by atoms with E-state index >= 15 is 0 Å². The monoisotopic (exact) mass is 534 g/mol. The number of ether oxygens (including phenoxy) is 1. The molecule has 7 nitrogen and oxygen atoms in total. The molecular formula is C27H28FN6OPS. The third-order valence-electron chi connectivity index (χ3n) is 7.80. The third-order valence-corrected chi connectivity index (χ3v) is 9.39. The summed E-state index contributed by atoms with van der Waals surface area (Å²) >= 11 is 1.08. The maximum Gasteiger partial charge on any atom is 0.225 e. The Morgan fingerprint density at radius 1 is 1.30 bits per heavy atom. The lowest BCUT2D eigenvalue weighted by Crippen LogP contribution is -2.26. The molecule has 1 unspecified atom stereocenters. The molecule has 1 saturated heterocycles. The van der Waals surface area contributed by atoms with Gasteiger partial charge in [0.15, 0.2) is 5.82 Å². The van der Waals surface area contributed by atoms with E-state index in [0.29, 0.717) is 29.0 Å². The first-order valence-corrected chi connectivity index (χ1v) is 13.9. The van der Waals surface area contributed by atoms with Crippen LogP contribution in [0, 0.1) is 22.6 Å². The smallest absolute Gasteiger partial charge is 0.225 e. The number of thiophene rings is 1. The lowest BCUT2D eigenvalue weighted by molar-refractivity contribution is 0.135. The van der Waals surface area contributed by atoms with E-state index in [9.17, 15) is 9.65 Å². The van der Waals surface area contributed by atoms with Gasteiger partial charge in [-0.3, -0.25) is 4.98 Å². The van der Waals surface area contributed by atoms with Crippen molar-refractivity contribution in [3.05, 3.63) is 34.9 Å². The summed E-state index contributed by atoms with van der Waals surface area (Å²) in [5, 5.41) is 12.3. The summed E-state index contributed by atoms with van der Waals surface area (Å²) in [5.74, 6) is 0.233. The van der Waals surface area contributed by atoms with E-state index < -0.39 is 5.82 Å². The number of pyridine rings is 1. The van der Waals surface area contributed by atoms with Crippen LogP contribution in [0.1, 0.15) is 56.2 Å². The second kappa shape index (κ2) is 9.13. The van der Waals surface area contributed by atoms with E-state index in [4.69, 9.17) is 20.4 Å². The number of hydrogen-bond donors (Lipinski definition) is 1. The zero-order valence-corrected chi connectivity index (χ0v) is 22.9. The first-order valence-electron chi connectivity index (χ1n) is 12.5. The Morgan fingerprint density at radius 3 is 2.89 bits per heavy atom. The van der Waals surface area contributed by atoms with Gasteiger partial charge in [0, 0.05) is 40.9 Å². The summed E-state index contributed by atoms with van der Waals surface area (Å²) < 4.78 is 20.9. The summed E-state index contributed by atoms with van der Waals surface area (Å²) in [7, 11) is 2.82. The molecule has 37 heavy (non-hydrogen) atoms. The number of nitrogen functional groups attached to an aromatic ring is 1. The van der Waals surface area contributed by atoms with Crippen molar-refractivity contribution in [3.63, 3.8) is 0 Å². The molecule has 0 bridgehead atoms. The number of nitrogens with zero attached hydrogens (tertiary/aromatic N) is 5. The predicted octanol–water partition coefficient (Wildman–Crippen LogP) is 5.44. The van der Waals surface area contributed by atoms with E-state index in [0.717, 1.165) is 69.7 Å². The van der Waals surface area contributed by atoms with Crippen molar-refractivity contribution in [2.75, 3.05) is 23.7 Å². The fourth-order valence-corrected chi connectivity index (χ4v) is 7.24. The Kier molecular flexibility index (Phi) is 6.02. The highest BCUT2D eigenvalue weighted by molar-refractivity contribution is 7.29. The van der Waals surface area contributed by atoms with Crippen molar-refractivity contribution in [2.45, 2.75) is 52.7 Å². The maximum absolute atomic E-state index is 14.7. The van der Waals surface area contributed by atoms with E-state index in [2.05, 4.69) is 39.0 Å².